The molecule has 0 aliphatic carbocycles. The van der Waals surface area contributed by atoms with Crippen LogP contribution in [0.25, 0.3) is 11.2 Å². The highest BCUT2D eigenvalue weighted by molar-refractivity contribution is 6.84. The molecule has 1 aromatic carbocycles. The van der Waals surface area contributed by atoms with Crippen LogP contribution in [-0.4, -0.2) is 72.6 Å². The molecule has 2 saturated heterocycles. The van der Waals surface area contributed by atoms with E-state index in [0.29, 0.717) is 0 Å². The van der Waals surface area contributed by atoms with Crippen molar-refractivity contribution in [1.29, 1.82) is 0 Å². The highest BCUT2D eigenvalue weighted by atomic mass is 28.5. The number of nitrogens with zero attached hydrogens (tertiary/aromatic N) is 3. The Morgan fingerprint density at radius 3 is 2.30 bits per heavy atom. The Kier molecular flexibility index (Phi) is 9.34. The maximum atomic E-state index is 12.9. The zero-order valence-corrected chi connectivity index (χ0v) is 28.7. The van der Waals surface area contributed by atoms with Crippen LogP contribution in [0, 0.1) is 0 Å². The minimum absolute atomic E-state index is 0.0210. The van der Waals surface area contributed by atoms with Crippen LogP contribution in [-0.2, 0) is 28.9 Å². The number of amides is 1. The van der Waals surface area contributed by atoms with E-state index in [-0.39, 0.29) is 58.2 Å². The number of H-pyrrole nitrogens is 1. The third-order valence-corrected chi connectivity index (χ3v) is 19.1. The van der Waals surface area contributed by atoms with Gasteiger partial charge in [0.15, 0.2) is 17.4 Å². The maximum Gasteiger partial charge on any atom is 0.335 e. The minimum atomic E-state index is -2.99. The van der Waals surface area contributed by atoms with Crippen LogP contribution in [0.15, 0.2) is 41.5 Å². The summed E-state index contributed by atoms with van der Waals surface area (Å²) in [6, 6.07) is 9.27. The minimum Gasteiger partial charge on any atom is -0.414 e. The van der Waals surface area contributed by atoms with E-state index < -0.39 is 47.2 Å². The highest BCUT2D eigenvalue weighted by Gasteiger charge is 2.61. The van der Waals surface area contributed by atoms with Gasteiger partial charge in [-0.3, -0.25) is 24.5 Å². The molecule has 12 nitrogen and oxygen atoms in total. The van der Waals surface area contributed by atoms with Gasteiger partial charge in [0, 0.05) is 0 Å². The molecule has 5 rings (SSSR count). The standard InChI is InChI=1S/C30H45N5O7Si2/c1-17(2)43(18(3)4)39-15-22-26(41-44(42-43,19(5)6)20(7)8)25(37)29(40-22)35-16-31-24-27(35)33-30(34-28(24)38)32-23(36)14-21-12-10-9-11-13-21/h9-13,16-20,22,25-26,29,37H,14-15H2,1-8H3,(H2,32,33,34,36,38)/t22-,25-,26-,29-/m1/s1. The number of hydrogen-bond donors (Lipinski definition) is 3. The van der Waals surface area contributed by atoms with Gasteiger partial charge in [-0.25, -0.2) is 4.98 Å². The fraction of sp³-hybridized carbons (Fsp3) is 0.600. The lowest BCUT2D eigenvalue weighted by Crippen LogP contribution is -2.65. The third kappa shape index (κ3) is 5.84. The summed E-state index contributed by atoms with van der Waals surface area (Å²) < 4.78 is 29.0. The Morgan fingerprint density at radius 2 is 1.68 bits per heavy atom. The van der Waals surface area contributed by atoms with Gasteiger partial charge in [-0.15, -0.1) is 0 Å². The lowest BCUT2D eigenvalue weighted by molar-refractivity contribution is -0.115. The van der Waals surface area contributed by atoms with Crippen LogP contribution in [0.2, 0.25) is 22.2 Å². The van der Waals surface area contributed by atoms with E-state index in [1.807, 2.05) is 30.3 Å². The molecule has 3 N–H and O–H groups in total. The van der Waals surface area contributed by atoms with Gasteiger partial charge in [-0.2, -0.15) is 4.98 Å². The SMILES string of the molecule is CC(C)[Si]1(C(C)C)OC[C@H]2O[C@@H](n3cnc4c(=O)[nH]c(NC(=O)Cc5ccccc5)nc43)[C@H](O)[C@@H]2O[Si](C(C)C)(C(C)C)O1. The lowest BCUT2D eigenvalue weighted by Gasteiger charge is -2.51. The third-order valence-electron chi connectivity index (χ3n) is 8.81. The fourth-order valence-electron chi connectivity index (χ4n) is 6.50. The highest BCUT2D eigenvalue weighted by Crippen LogP contribution is 2.48. The van der Waals surface area contributed by atoms with Crippen molar-refractivity contribution in [1.82, 2.24) is 19.5 Å². The lowest BCUT2D eigenvalue weighted by atomic mass is 10.1. The van der Waals surface area contributed by atoms with E-state index >= 15 is 0 Å². The van der Waals surface area contributed by atoms with Crippen molar-refractivity contribution in [3.63, 3.8) is 0 Å². The molecule has 14 heteroatoms. The van der Waals surface area contributed by atoms with E-state index in [0.717, 1.165) is 5.56 Å². The second-order valence-corrected chi connectivity index (χ2v) is 21.9. The zero-order chi connectivity index (χ0) is 32.0. The van der Waals surface area contributed by atoms with Gasteiger partial charge in [0.1, 0.15) is 18.3 Å². The van der Waals surface area contributed by atoms with Crippen molar-refractivity contribution in [2.45, 2.75) is 109 Å². The first-order valence-corrected chi connectivity index (χ1v) is 19.4. The first-order valence-electron chi connectivity index (χ1n) is 15.4. The molecule has 2 aliphatic heterocycles. The van der Waals surface area contributed by atoms with Crippen LogP contribution in [0.3, 0.4) is 0 Å². The molecule has 0 spiro atoms. The number of aliphatic hydroxyl groups is 1. The summed E-state index contributed by atoms with van der Waals surface area (Å²) in [5, 5.41) is 14.4. The Balaban J connectivity index is 1.48. The molecule has 0 radical (unpaired) electrons. The number of ether oxygens (including phenoxy) is 1. The van der Waals surface area contributed by atoms with Crippen molar-refractivity contribution in [3.8, 4) is 0 Å². The molecule has 2 fully saturated rings. The van der Waals surface area contributed by atoms with Crippen LogP contribution >= 0.6 is 0 Å². The van der Waals surface area contributed by atoms with Crippen LogP contribution in [0.4, 0.5) is 5.95 Å². The molecule has 0 unspecified atom stereocenters. The Bertz CT molecular complexity index is 1510. The number of imidazole rings is 1. The molecule has 44 heavy (non-hydrogen) atoms. The van der Waals surface area contributed by atoms with Crippen molar-refractivity contribution < 1.29 is 27.6 Å². The summed E-state index contributed by atoms with van der Waals surface area (Å²) in [6.45, 7) is 17.3. The Labute approximate surface area is 260 Å². The topological polar surface area (TPSA) is 150 Å². The average Bonchev–Trinajstić information content (AvgIpc) is 3.49. The second kappa shape index (κ2) is 12.6. The van der Waals surface area contributed by atoms with Crippen molar-refractivity contribution >= 4 is 40.1 Å². The second-order valence-electron chi connectivity index (χ2n) is 13.1. The van der Waals surface area contributed by atoms with E-state index in [1.54, 1.807) is 0 Å². The summed E-state index contributed by atoms with van der Waals surface area (Å²) in [4.78, 5) is 37.0. The van der Waals surface area contributed by atoms with Gasteiger partial charge < -0.3 is 22.8 Å². The van der Waals surface area contributed by atoms with Gasteiger partial charge >= 0.3 is 17.1 Å². The predicted octanol–water partition coefficient (Wildman–Crippen LogP) is 4.52. The number of fused-ring (bicyclic) bond motifs is 2. The fourth-order valence-corrected chi connectivity index (χ4v) is 17.7. The first-order chi connectivity index (χ1) is 20.8. The molecule has 1 amide bonds. The molecule has 0 bridgehead atoms. The van der Waals surface area contributed by atoms with E-state index in [1.165, 1.54) is 10.9 Å². The Hall–Kier alpha value is -2.73. The number of rotatable bonds is 8. The summed E-state index contributed by atoms with van der Waals surface area (Å²) in [5.41, 5.74) is 1.02. The molecule has 2 aliphatic rings. The zero-order valence-electron chi connectivity index (χ0n) is 26.7. The van der Waals surface area contributed by atoms with E-state index in [9.17, 15) is 14.7 Å². The summed E-state index contributed by atoms with van der Waals surface area (Å²) in [7, 11) is -5.79. The Morgan fingerprint density at radius 1 is 1.05 bits per heavy atom. The summed E-state index contributed by atoms with van der Waals surface area (Å²) in [5.74, 6) is -0.357. The van der Waals surface area contributed by atoms with Gasteiger partial charge in [-0.05, 0) is 27.7 Å². The van der Waals surface area contributed by atoms with Crippen LogP contribution in [0.1, 0.15) is 67.2 Å². The molecule has 240 valence electrons. The molecule has 0 saturated carbocycles. The number of anilines is 1. The number of aliphatic hydroxyl groups excluding tert-OH is 1. The van der Waals surface area contributed by atoms with Crippen LogP contribution < -0.4 is 10.9 Å². The van der Waals surface area contributed by atoms with Gasteiger partial charge in [0.25, 0.3) is 5.56 Å². The molecule has 3 aromatic rings. The van der Waals surface area contributed by atoms with Gasteiger partial charge in [0.05, 0.1) is 19.4 Å². The first kappa shape index (κ1) is 32.7. The van der Waals surface area contributed by atoms with Crippen LogP contribution in [0.5, 0.6) is 0 Å². The van der Waals surface area contributed by atoms with Gasteiger partial charge in [0.2, 0.25) is 11.9 Å². The summed E-state index contributed by atoms with van der Waals surface area (Å²) in [6.07, 6.45) is -1.87. The average molecular weight is 644 g/mol. The quantitative estimate of drug-likeness (QED) is 0.301. The van der Waals surface area contributed by atoms with Crippen molar-refractivity contribution in [2.75, 3.05) is 11.9 Å². The monoisotopic (exact) mass is 643 g/mol. The molecule has 4 atom stereocenters. The number of nitrogens with one attached hydrogen (secondary N) is 2. The smallest absolute Gasteiger partial charge is 0.335 e. The van der Waals surface area contributed by atoms with Crippen molar-refractivity contribution in [3.05, 3.63) is 52.6 Å². The summed E-state index contributed by atoms with van der Waals surface area (Å²) >= 11 is 0. The normalized spacial score (nSPS) is 25.0. The number of carbonyl (C=O) groups is 1. The van der Waals surface area contributed by atoms with Crippen molar-refractivity contribution in [2.24, 2.45) is 0 Å². The number of aromatic amines is 1. The molecule has 2 aromatic heterocycles. The predicted molar refractivity (Wildman–Crippen MR) is 171 cm³/mol. The number of benzene rings is 1. The maximum absolute atomic E-state index is 12.9. The van der Waals surface area contributed by atoms with E-state index in [2.05, 4.69) is 75.7 Å². The largest absolute Gasteiger partial charge is 0.414 e. The molecule has 4 heterocycles. The number of hydrogen-bond acceptors (Lipinski definition) is 9. The van der Waals surface area contributed by atoms with Gasteiger partial charge in [-0.1, -0.05) is 85.7 Å². The van der Waals surface area contributed by atoms with E-state index in [4.69, 9.17) is 17.7 Å². The number of carbonyl (C=O) groups excluding carboxylic acids is 1. The molecular formula is C30H45N5O7Si2. The number of aromatic nitrogens is 4. The molecular weight excluding hydrogens is 599 g/mol.